The van der Waals surface area contributed by atoms with Crippen molar-refractivity contribution in [3.63, 3.8) is 0 Å². The third-order valence-corrected chi connectivity index (χ3v) is 7.57. The zero-order chi connectivity index (χ0) is 41.0. The predicted molar refractivity (Wildman–Crippen MR) is 189 cm³/mol. The van der Waals surface area contributed by atoms with E-state index in [1.165, 1.54) is 0 Å². The van der Waals surface area contributed by atoms with E-state index in [1.54, 1.807) is 27.7 Å². The predicted octanol–water partition coefficient (Wildman–Crippen LogP) is -4.42. The average Bonchev–Trinajstić information content (AvgIpc) is 3.03. The summed E-state index contributed by atoms with van der Waals surface area (Å²) < 4.78 is 0. The molecule has 17 N–H and O–H groups in total. The van der Waals surface area contributed by atoms with Crippen molar-refractivity contribution in [2.75, 3.05) is 6.54 Å². The molecule has 0 unspecified atom stereocenters. The molecule has 0 aliphatic heterocycles. The van der Waals surface area contributed by atoms with Crippen LogP contribution in [-0.2, 0) is 43.2 Å². The first-order valence-corrected chi connectivity index (χ1v) is 16.9. The third-order valence-electron chi connectivity index (χ3n) is 7.57. The summed E-state index contributed by atoms with van der Waals surface area (Å²) in [5, 5.41) is 30.5. The van der Waals surface area contributed by atoms with Crippen LogP contribution in [0.2, 0.25) is 0 Å². The lowest BCUT2D eigenvalue weighted by atomic mass is 10.0. The molecule has 0 fully saturated rings. The van der Waals surface area contributed by atoms with E-state index in [9.17, 15) is 53.4 Å². The number of aliphatic carboxylic acids is 2. The SMILES string of the molecule is CC(C)C[C@H](NC(=O)[C@H](CCC(N)=O)NC(=O)[C@@H](N)C(C)C)C(=O)N[C@@H](CC(=O)O)C(=O)N[C@@H](CCC(=O)O)C(=O)N[C@@H](CCCN=C(N)N)C(N)=O. The largest absolute Gasteiger partial charge is 0.481 e. The summed E-state index contributed by atoms with van der Waals surface area (Å²) in [6.45, 7) is 6.84. The van der Waals surface area contributed by atoms with Crippen molar-refractivity contribution in [1.29, 1.82) is 0 Å². The Morgan fingerprint density at radius 2 is 1.04 bits per heavy atom. The molecule has 6 atom stereocenters. The van der Waals surface area contributed by atoms with Crippen LogP contribution in [0.4, 0.5) is 0 Å². The van der Waals surface area contributed by atoms with E-state index in [4.69, 9.17) is 28.7 Å². The molecule has 0 rings (SSSR count). The molecule has 0 aliphatic carbocycles. The molecule has 0 saturated heterocycles. The minimum atomic E-state index is -1.85. The van der Waals surface area contributed by atoms with E-state index in [2.05, 4.69) is 31.6 Å². The van der Waals surface area contributed by atoms with Crippen LogP contribution in [0, 0.1) is 11.8 Å². The van der Waals surface area contributed by atoms with Gasteiger partial charge in [0.05, 0.1) is 12.5 Å². The van der Waals surface area contributed by atoms with Gasteiger partial charge < -0.3 is 65.5 Å². The van der Waals surface area contributed by atoms with Gasteiger partial charge in [-0.25, -0.2) is 0 Å². The van der Waals surface area contributed by atoms with Crippen molar-refractivity contribution in [3.05, 3.63) is 0 Å². The highest BCUT2D eigenvalue weighted by Crippen LogP contribution is 2.10. The summed E-state index contributed by atoms with van der Waals surface area (Å²) in [6.07, 6.45) is -2.59. The van der Waals surface area contributed by atoms with Crippen molar-refractivity contribution in [1.82, 2.24) is 26.6 Å². The zero-order valence-corrected chi connectivity index (χ0v) is 30.4. The standard InChI is InChI=1S/C31H55N11O11/c1-14(2)12-19(41-27(50)17(7-9-21(32)43)40-30(53)24(33)15(3)4)28(51)42-20(13-23(46)47)29(52)39-18(8-10-22(44)45)26(49)38-16(25(34)48)6-5-11-37-31(35)36/h14-20,24H,5-13,33H2,1-4H3,(H2,32,43)(H2,34,48)(H,38,49)(H,39,52)(H,40,53)(H,41,50)(H,42,51)(H,44,45)(H,46,47)(H4,35,36,37)/t16-,17-,18-,19-,20-,24-/m0/s1. The first-order valence-electron chi connectivity index (χ1n) is 16.9. The highest BCUT2D eigenvalue weighted by Gasteiger charge is 2.34. The summed E-state index contributed by atoms with van der Waals surface area (Å²) in [4.78, 5) is 116. The van der Waals surface area contributed by atoms with Gasteiger partial charge in [-0.2, -0.15) is 0 Å². The Hall–Kier alpha value is -5.54. The number of primary amides is 2. The molecule has 300 valence electrons. The van der Waals surface area contributed by atoms with Crippen molar-refractivity contribution in [2.45, 2.75) is 115 Å². The highest BCUT2D eigenvalue weighted by atomic mass is 16.4. The minimum absolute atomic E-state index is 0.0320. The Bertz CT molecular complexity index is 1350. The minimum Gasteiger partial charge on any atom is -0.481 e. The molecule has 0 aromatic heterocycles. The number of rotatable bonds is 26. The number of nitrogens with one attached hydrogen (secondary N) is 5. The molecule has 0 saturated carbocycles. The lowest BCUT2D eigenvalue weighted by Crippen LogP contribution is -2.60. The van der Waals surface area contributed by atoms with Crippen LogP contribution < -0.4 is 55.3 Å². The molecule has 0 spiro atoms. The smallest absolute Gasteiger partial charge is 0.305 e. The first-order chi connectivity index (χ1) is 24.5. The summed E-state index contributed by atoms with van der Waals surface area (Å²) in [7, 11) is 0. The average molecular weight is 758 g/mol. The van der Waals surface area contributed by atoms with Crippen molar-refractivity contribution in [2.24, 2.45) is 45.5 Å². The molecule has 22 heteroatoms. The number of carboxylic acid groups (broad SMARTS) is 2. The lowest BCUT2D eigenvalue weighted by Gasteiger charge is -2.27. The van der Waals surface area contributed by atoms with Crippen LogP contribution in [-0.4, -0.2) is 112 Å². The van der Waals surface area contributed by atoms with Crippen molar-refractivity contribution < 1.29 is 53.4 Å². The first kappa shape index (κ1) is 47.5. The number of carboxylic acids is 2. The van der Waals surface area contributed by atoms with Gasteiger partial charge in [0.25, 0.3) is 0 Å². The van der Waals surface area contributed by atoms with Crippen LogP contribution in [0.3, 0.4) is 0 Å². The van der Waals surface area contributed by atoms with Gasteiger partial charge in [0.1, 0.15) is 30.2 Å². The number of guanidine groups is 1. The monoisotopic (exact) mass is 757 g/mol. The van der Waals surface area contributed by atoms with Gasteiger partial charge in [-0.1, -0.05) is 27.7 Å². The van der Waals surface area contributed by atoms with E-state index in [-0.39, 0.29) is 56.4 Å². The van der Waals surface area contributed by atoms with Gasteiger partial charge in [-0.05, 0) is 43.9 Å². The molecule has 0 aromatic carbocycles. The quantitative estimate of drug-likeness (QED) is 0.0225. The van der Waals surface area contributed by atoms with Crippen LogP contribution in [0.25, 0.3) is 0 Å². The second-order valence-electron chi connectivity index (χ2n) is 13.1. The van der Waals surface area contributed by atoms with Gasteiger partial charge in [0.15, 0.2) is 5.96 Å². The number of aliphatic imine (C=N–C) groups is 1. The lowest BCUT2D eigenvalue weighted by molar-refractivity contribution is -0.141. The number of hydrogen-bond donors (Lipinski definition) is 12. The second-order valence-corrected chi connectivity index (χ2v) is 13.1. The Morgan fingerprint density at radius 3 is 1.49 bits per heavy atom. The van der Waals surface area contributed by atoms with Gasteiger partial charge in [0, 0.05) is 19.4 Å². The normalized spacial score (nSPS) is 14.3. The van der Waals surface area contributed by atoms with Gasteiger partial charge in [0.2, 0.25) is 41.4 Å². The molecule has 0 radical (unpaired) electrons. The summed E-state index contributed by atoms with van der Waals surface area (Å²) in [6, 6.07) is -8.54. The number of nitrogens with two attached hydrogens (primary N) is 5. The Kier molecular flexibility index (Phi) is 21.3. The molecule has 7 amide bonds. The highest BCUT2D eigenvalue weighted by molar-refractivity contribution is 5.98. The van der Waals surface area contributed by atoms with Crippen LogP contribution in [0.1, 0.15) is 79.1 Å². The molecule has 22 nitrogen and oxygen atoms in total. The van der Waals surface area contributed by atoms with E-state index in [0.29, 0.717) is 0 Å². The Balaban J connectivity index is 6.24. The fourth-order valence-corrected chi connectivity index (χ4v) is 4.63. The number of carbonyl (C=O) groups is 9. The summed E-state index contributed by atoms with van der Waals surface area (Å²) >= 11 is 0. The van der Waals surface area contributed by atoms with Crippen LogP contribution in [0.5, 0.6) is 0 Å². The summed E-state index contributed by atoms with van der Waals surface area (Å²) in [5.41, 5.74) is 27.0. The molecule has 0 aliphatic rings. The van der Waals surface area contributed by atoms with Crippen molar-refractivity contribution >= 4 is 59.2 Å². The topological polar surface area (TPSA) is 397 Å². The Labute approximate surface area is 306 Å². The van der Waals surface area contributed by atoms with Gasteiger partial charge in [-0.15, -0.1) is 0 Å². The number of amides is 7. The van der Waals surface area contributed by atoms with E-state index in [0.717, 1.165) is 0 Å². The molecule has 53 heavy (non-hydrogen) atoms. The van der Waals surface area contributed by atoms with Crippen LogP contribution in [0.15, 0.2) is 4.99 Å². The molecule has 0 bridgehead atoms. The number of nitrogens with zero attached hydrogens (tertiary/aromatic N) is 1. The molecular formula is C31H55N11O11. The Morgan fingerprint density at radius 1 is 0.585 bits per heavy atom. The zero-order valence-electron chi connectivity index (χ0n) is 30.4. The molecule has 0 aromatic rings. The van der Waals surface area contributed by atoms with Crippen molar-refractivity contribution in [3.8, 4) is 0 Å². The van der Waals surface area contributed by atoms with E-state index >= 15 is 0 Å². The number of hydrogen-bond acceptors (Lipinski definition) is 11. The fraction of sp³-hybridized carbons (Fsp3) is 0.677. The fourth-order valence-electron chi connectivity index (χ4n) is 4.63. The second kappa shape index (κ2) is 23.8. The van der Waals surface area contributed by atoms with Gasteiger partial charge in [-0.3, -0.25) is 48.1 Å². The summed E-state index contributed by atoms with van der Waals surface area (Å²) in [5.74, 6) is -10.3. The van der Waals surface area contributed by atoms with E-state index in [1.807, 2.05) is 0 Å². The number of carbonyl (C=O) groups excluding carboxylic acids is 7. The maximum Gasteiger partial charge on any atom is 0.305 e. The third kappa shape index (κ3) is 20.2. The molecular weight excluding hydrogens is 702 g/mol. The maximum atomic E-state index is 13.5. The molecule has 0 heterocycles. The van der Waals surface area contributed by atoms with Crippen LogP contribution >= 0.6 is 0 Å². The van der Waals surface area contributed by atoms with Gasteiger partial charge >= 0.3 is 11.9 Å². The van der Waals surface area contributed by atoms with E-state index < -0.39 is 109 Å². The maximum absolute atomic E-state index is 13.5.